The number of aromatic hydroxyl groups is 1. The Morgan fingerprint density at radius 1 is 0.868 bits per heavy atom. The third-order valence-electron chi connectivity index (χ3n) is 6.32. The average molecular weight is 527 g/mol. The van der Waals surface area contributed by atoms with E-state index in [9.17, 15) is 14.6 Å². The number of hydrogen-bond donors (Lipinski definition) is 2. The minimum absolute atomic E-state index is 0.224. The van der Waals surface area contributed by atoms with Crippen molar-refractivity contribution in [1.82, 2.24) is 0 Å². The maximum atomic E-state index is 13.7. The molecule has 1 saturated heterocycles. The van der Waals surface area contributed by atoms with Gasteiger partial charge in [0.25, 0.3) is 6.41 Å². The Labute approximate surface area is 220 Å². The minimum atomic E-state index is -1.27. The van der Waals surface area contributed by atoms with Gasteiger partial charge in [-0.05, 0) is 42.5 Å². The predicted molar refractivity (Wildman–Crippen MR) is 139 cm³/mol. The number of phenols is 1. The first-order valence-electron chi connectivity index (χ1n) is 12.6. The second-order valence-electron chi connectivity index (χ2n) is 8.88. The Morgan fingerprint density at radius 3 is 2.37 bits per heavy atom. The average Bonchev–Trinajstić information content (AvgIpc) is 2.94. The van der Waals surface area contributed by atoms with Crippen LogP contribution in [0.25, 0.3) is 0 Å². The normalized spacial score (nSPS) is 17.1. The highest BCUT2D eigenvalue weighted by molar-refractivity contribution is 5.53. The number of ether oxygens (including phenoxy) is 5. The number of phenolic OH excluding ortho intramolecular Hbond substituents is 1. The van der Waals surface area contributed by atoms with Gasteiger partial charge in [-0.1, -0.05) is 6.07 Å². The molecule has 0 spiro atoms. The molecule has 3 aromatic carbocycles. The highest BCUT2D eigenvalue weighted by Crippen LogP contribution is 2.35. The summed E-state index contributed by atoms with van der Waals surface area (Å²) in [7, 11) is 0. The molecule has 2 heterocycles. The Bertz CT molecular complexity index is 1200. The molecule has 2 aliphatic heterocycles. The lowest BCUT2D eigenvalue weighted by molar-refractivity contribution is -0.0292. The van der Waals surface area contributed by atoms with Crippen molar-refractivity contribution >= 4 is 11.4 Å². The number of anilines is 2. The quantitative estimate of drug-likeness (QED) is 0.385. The van der Waals surface area contributed by atoms with Gasteiger partial charge >= 0.3 is 0 Å². The highest BCUT2D eigenvalue weighted by atomic mass is 19.1. The molecule has 38 heavy (non-hydrogen) atoms. The second-order valence-corrected chi connectivity index (χ2v) is 8.88. The summed E-state index contributed by atoms with van der Waals surface area (Å²) in [6, 6.07) is 17.5. The first kappa shape index (κ1) is 25.9. The fraction of sp³-hybridized carbons (Fsp3) is 0.357. The number of fused-ring (bicyclic) bond motifs is 1. The summed E-state index contributed by atoms with van der Waals surface area (Å²) in [6.45, 7) is 5.13. The lowest BCUT2D eigenvalue weighted by Gasteiger charge is -2.35. The lowest BCUT2D eigenvalue weighted by Crippen LogP contribution is -2.42. The minimum Gasteiger partial charge on any atom is -0.505 e. The predicted octanol–water partition coefficient (Wildman–Crippen LogP) is 3.52. The third-order valence-corrected chi connectivity index (χ3v) is 6.32. The van der Waals surface area contributed by atoms with Crippen molar-refractivity contribution < 1.29 is 38.3 Å². The molecular formula is C28H31FN2O7. The Kier molecular flexibility index (Phi) is 8.32. The zero-order valence-electron chi connectivity index (χ0n) is 20.9. The molecule has 0 aliphatic carbocycles. The largest absolute Gasteiger partial charge is 0.505 e. The van der Waals surface area contributed by atoms with E-state index in [4.69, 9.17) is 23.7 Å². The second kappa shape index (κ2) is 12.2. The molecule has 5 rings (SSSR count). The molecule has 10 heteroatoms. The molecule has 3 aromatic rings. The number of nitrogens with zero attached hydrogens (tertiary/aromatic N) is 2. The summed E-state index contributed by atoms with van der Waals surface area (Å²) < 4.78 is 41.8. The van der Waals surface area contributed by atoms with Crippen molar-refractivity contribution in [2.24, 2.45) is 0 Å². The Morgan fingerprint density at radius 2 is 1.61 bits per heavy atom. The van der Waals surface area contributed by atoms with Crippen LogP contribution in [0.3, 0.4) is 0 Å². The summed E-state index contributed by atoms with van der Waals surface area (Å²) in [5.74, 6) is 0.456. The molecule has 0 amide bonds. The van der Waals surface area contributed by atoms with Crippen LogP contribution < -0.4 is 24.0 Å². The maximum absolute atomic E-state index is 13.7. The standard InChI is InChI=1S/C28H31FN2O7/c29-25-16-20-19-31(28(33)38-27(20)18-26(25)32)21-4-6-23(7-5-21)36-14-12-35-13-15-37-24-3-1-2-22(17-24)30-8-10-34-11-9-30/h1-7,16-18,28,32-33H,8-15,19H2. The van der Waals surface area contributed by atoms with Gasteiger partial charge in [0, 0.05) is 42.2 Å². The zero-order chi connectivity index (χ0) is 26.3. The van der Waals surface area contributed by atoms with Crippen LogP contribution in [0.2, 0.25) is 0 Å². The van der Waals surface area contributed by atoms with E-state index in [1.54, 1.807) is 29.2 Å². The maximum Gasteiger partial charge on any atom is 0.281 e. The SMILES string of the molecule is Oc1cc2c(cc1F)CN(c1ccc(OCCOCCOc3cccc(N4CCOCC4)c3)cc1)C(O)O2. The van der Waals surface area contributed by atoms with Crippen molar-refractivity contribution in [1.29, 1.82) is 0 Å². The van der Waals surface area contributed by atoms with Crippen LogP contribution in [0.5, 0.6) is 23.0 Å². The van der Waals surface area contributed by atoms with Gasteiger partial charge in [0.2, 0.25) is 0 Å². The molecule has 2 aliphatic rings. The summed E-state index contributed by atoms with van der Waals surface area (Å²) in [5, 5.41) is 19.9. The molecule has 0 saturated carbocycles. The van der Waals surface area contributed by atoms with Crippen molar-refractivity contribution in [2.45, 2.75) is 13.0 Å². The van der Waals surface area contributed by atoms with Crippen molar-refractivity contribution in [3.8, 4) is 23.0 Å². The van der Waals surface area contributed by atoms with E-state index in [1.165, 1.54) is 12.1 Å². The van der Waals surface area contributed by atoms with Crippen molar-refractivity contribution in [3.63, 3.8) is 0 Å². The van der Waals surface area contributed by atoms with Gasteiger partial charge < -0.3 is 43.7 Å². The smallest absolute Gasteiger partial charge is 0.281 e. The number of hydrogen-bond acceptors (Lipinski definition) is 9. The lowest BCUT2D eigenvalue weighted by atomic mass is 10.1. The van der Waals surface area contributed by atoms with E-state index < -0.39 is 18.0 Å². The Hall–Kier alpha value is -3.73. The van der Waals surface area contributed by atoms with Crippen LogP contribution in [-0.4, -0.2) is 69.4 Å². The highest BCUT2D eigenvalue weighted by Gasteiger charge is 2.27. The van der Waals surface area contributed by atoms with E-state index in [-0.39, 0.29) is 12.3 Å². The number of aliphatic hydroxyl groups excluding tert-OH is 1. The molecule has 0 aromatic heterocycles. The molecule has 1 atom stereocenters. The number of rotatable bonds is 10. The fourth-order valence-electron chi connectivity index (χ4n) is 4.34. The monoisotopic (exact) mass is 526 g/mol. The summed E-state index contributed by atoms with van der Waals surface area (Å²) in [4.78, 5) is 3.86. The fourth-order valence-corrected chi connectivity index (χ4v) is 4.34. The molecule has 9 nitrogen and oxygen atoms in total. The topological polar surface area (TPSA) is 93.1 Å². The molecule has 2 N–H and O–H groups in total. The van der Waals surface area contributed by atoms with E-state index in [2.05, 4.69) is 11.0 Å². The third kappa shape index (κ3) is 6.39. The summed E-state index contributed by atoms with van der Waals surface area (Å²) in [6.07, 6.45) is -1.27. The summed E-state index contributed by atoms with van der Waals surface area (Å²) >= 11 is 0. The summed E-state index contributed by atoms with van der Waals surface area (Å²) in [5.41, 5.74) is 2.33. The van der Waals surface area contributed by atoms with Crippen LogP contribution in [0, 0.1) is 5.82 Å². The molecule has 0 bridgehead atoms. The van der Waals surface area contributed by atoms with Gasteiger partial charge in [-0.3, -0.25) is 0 Å². The first-order chi connectivity index (χ1) is 18.6. The van der Waals surface area contributed by atoms with Crippen LogP contribution >= 0.6 is 0 Å². The van der Waals surface area contributed by atoms with Gasteiger partial charge in [0.15, 0.2) is 11.6 Å². The zero-order valence-corrected chi connectivity index (χ0v) is 20.9. The van der Waals surface area contributed by atoms with Crippen molar-refractivity contribution in [2.75, 3.05) is 62.5 Å². The van der Waals surface area contributed by atoms with Crippen molar-refractivity contribution in [3.05, 3.63) is 72.0 Å². The molecule has 1 unspecified atom stereocenters. The molecular weight excluding hydrogens is 495 g/mol. The Balaban J connectivity index is 1.01. The van der Waals surface area contributed by atoms with Gasteiger partial charge in [-0.15, -0.1) is 0 Å². The van der Waals surface area contributed by atoms with Gasteiger partial charge in [0.05, 0.1) is 33.0 Å². The number of aliphatic hydroxyl groups is 1. The number of halogens is 1. The number of morpholine rings is 1. The van der Waals surface area contributed by atoms with Crippen LogP contribution in [0.15, 0.2) is 60.7 Å². The van der Waals surface area contributed by atoms with Gasteiger partial charge in [-0.25, -0.2) is 4.39 Å². The molecule has 0 radical (unpaired) electrons. The van der Waals surface area contributed by atoms with E-state index >= 15 is 0 Å². The molecule has 202 valence electrons. The van der Waals surface area contributed by atoms with Gasteiger partial charge in [0.1, 0.15) is 30.5 Å². The van der Waals surface area contributed by atoms with Crippen LogP contribution in [-0.2, 0) is 16.0 Å². The van der Waals surface area contributed by atoms with E-state index in [1.807, 2.05) is 18.2 Å². The van der Waals surface area contributed by atoms with E-state index in [0.717, 1.165) is 37.7 Å². The molecule has 1 fully saturated rings. The van der Waals surface area contributed by atoms with Gasteiger partial charge in [-0.2, -0.15) is 0 Å². The van der Waals surface area contributed by atoms with Crippen LogP contribution in [0.1, 0.15) is 5.56 Å². The number of benzene rings is 3. The first-order valence-corrected chi connectivity index (χ1v) is 12.6. The van der Waals surface area contributed by atoms with E-state index in [0.29, 0.717) is 43.4 Å². The van der Waals surface area contributed by atoms with Crippen LogP contribution in [0.4, 0.5) is 15.8 Å².